The Morgan fingerprint density at radius 2 is 1.85 bits per heavy atom. The standard InChI is InChI=1S/C20H20FN3O2/c1-2-24-13-16(12-23-24)11-22-20(25)17-5-3-15(4-6-17)14-26-19-9-7-18(21)8-10-19/h3-10,12-13H,2,11,14H2,1H3,(H,22,25). The molecule has 1 N–H and O–H groups in total. The molecular weight excluding hydrogens is 333 g/mol. The number of nitrogens with one attached hydrogen (secondary N) is 1. The maximum atomic E-state index is 12.9. The summed E-state index contributed by atoms with van der Waals surface area (Å²) in [5.41, 5.74) is 2.47. The number of hydrogen-bond donors (Lipinski definition) is 1. The zero-order valence-electron chi connectivity index (χ0n) is 14.5. The van der Waals surface area contributed by atoms with Gasteiger partial charge < -0.3 is 10.1 Å². The Balaban J connectivity index is 1.51. The Morgan fingerprint density at radius 3 is 2.50 bits per heavy atom. The van der Waals surface area contributed by atoms with E-state index >= 15 is 0 Å². The van der Waals surface area contributed by atoms with Gasteiger partial charge in [-0.25, -0.2) is 4.39 Å². The zero-order valence-corrected chi connectivity index (χ0v) is 14.5. The van der Waals surface area contributed by atoms with Gasteiger partial charge in [-0.1, -0.05) is 12.1 Å². The number of carbonyl (C=O) groups excluding carboxylic acids is 1. The SMILES string of the molecule is CCn1cc(CNC(=O)c2ccc(COc3ccc(F)cc3)cc2)cn1. The van der Waals surface area contributed by atoms with Gasteiger partial charge in [0.1, 0.15) is 18.2 Å². The minimum absolute atomic E-state index is 0.139. The van der Waals surface area contributed by atoms with E-state index in [0.29, 0.717) is 24.5 Å². The number of halogens is 1. The molecule has 26 heavy (non-hydrogen) atoms. The number of aromatic nitrogens is 2. The van der Waals surface area contributed by atoms with Crippen LogP contribution in [0.4, 0.5) is 4.39 Å². The highest BCUT2D eigenvalue weighted by Crippen LogP contribution is 2.14. The number of carbonyl (C=O) groups is 1. The Kier molecular flexibility index (Phi) is 5.63. The lowest BCUT2D eigenvalue weighted by Gasteiger charge is -2.08. The maximum Gasteiger partial charge on any atom is 0.251 e. The molecule has 5 nitrogen and oxygen atoms in total. The van der Waals surface area contributed by atoms with Gasteiger partial charge in [0.2, 0.25) is 0 Å². The molecule has 1 aromatic heterocycles. The highest BCUT2D eigenvalue weighted by molar-refractivity contribution is 5.94. The summed E-state index contributed by atoms with van der Waals surface area (Å²) in [4.78, 5) is 12.2. The first-order valence-electron chi connectivity index (χ1n) is 8.41. The van der Waals surface area contributed by atoms with Gasteiger partial charge in [-0.05, 0) is 48.9 Å². The van der Waals surface area contributed by atoms with E-state index in [1.165, 1.54) is 12.1 Å². The molecule has 1 amide bonds. The van der Waals surface area contributed by atoms with Gasteiger partial charge in [-0.3, -0.25) is 9.48 Å². The predicted octanol–water partition coefficient (Wildman–Crippen LogP) is 3.55. The second kappa shape index (κ2) is 8.29. The predicted molar refractivity (Wildman–Crippen MR) is 96.2 cm³/mol. The minimum atomic E-state index is -0.297. The first-order chi connectivity index (χ1) is 12.6. The van der Waals surface area contributed by atoms with E-state index in [9.17, 15) is 9.18 Å². The lowest BCUT2D eigenvalue weighted by atomic mass is 10.1. The number of benzene rings is 2. The molecule has 0 aliphatic heterocycles. The molecule has 0 aliphatic rings. The third kappa shape index (κ3) is 4.69. The largest absolute Gasteiger partial charge is 0.489 e. The third-order valence-corrected chi connectivity index (χ3v) is 3.90. The quantitative estimate of drug-likeness (QED) is 0.707. The average Bonchev–Trinajstić information content (AvgIpc) is 3.14. The van der Waals surface area contributed by atoms with Crippen LogP contribution in [-0.4, -0.2) is 15.7 Å². The molecule has 1 heterocycles. The van der Waals surface area contributed by atoms with E-state index in [1.807, 2.05) is 29.9 Å². The van der Waals surface area contributed by atoms with Crippen molar-refractivity contribution in [3.8, 4) is 5.75 Å². The molecule has 2 aromatic carbocycles. The summed E-state index contributed by atoms with van der Waals surface area (Å²) in [5.74, 6) is 0.163. The smallest absolute Gasteiger partial charge is 0.251 e. The molecule has 0 unspecified atom stereocenters. The molecule has 0 fully saturated rings. The summed E-state index contributed by atoms with van der Waals surface area (Å²) in [6.45, 7) is 3.60. The molecule has 134 valence electrons. The van der Waals surface area contributed by atoms with Crippen molar-refractivity contribution in [1.29, 1.82) is 0 Å². The number of rotatable bonds is 7. The van der Waals surface area contributed by atoms with Gasteiger partial charge in [0.05, 0.1) is 6.20 Å². The Labute approximate surface area is 151 Å². The lowest BCUT2D eigenvalue weighted by Crippen LogP contribution is -2.22. The van der Waals surface area contributed by atoms with Crippen LogP contribution >= 0.6 is 0 Å². The van der Waals surface area contributed by atoms with E-state index in [2.05, 4.69) is 10.4 Å². The Hall–Kier alpha value is -3.15. The molecule has 3 aromatic rings. The first-order valence-corrected chi connectivity index (χ1v) is 8.41. The summed E-state index contributed by atoms with van der Waals surface area (Å²) < 4.78 is 20.3. The summed E-state index contributed by atoms with van der Waals surface area (Å²) in [7, 11) is 0. The van der Waals surface area contributed by atoms with Crippen LogP contribution in [0.25, 0.3) is 0 Å². The van der Waals surface area contributed by atoms with Crippen molar-refractivity contribution in [2.75, 3.05) is 0 Å². The molecule has 0 saturated carbocycles. The van der Waals surface area contributed by atoms with Crippen LogP contribution in [0.5, 0.6) is 5.75 Å². The van der Waals surface area contributed by atoms with Gasteiger partial charge in [-0.15, -0.1) is 0 Å². The van der Waals surface area contributed by atoms with Gasteiger partial charge in [-0.2, -0.15) is 5.10 Å². The van der Waals surface area contributed by atoms with Gasteiger partial charge in [0, 0.05) is 30.4 Å². The molecule has 0 aliphatic carbocycles. The molecule has 0 radical (unpaired) electrons. The molecule has 0 spiro atoms. The van der Waals surface area contributed by atoms with Crippen LogP contribution in [0.15, 0.2) is 60.9 Å². The van der Waals surface area contributed by atoms with Crippen molar-refractivity contribution in [1.82, 2.24) is 15.1 Å². The van der Waals surface area contributed by atoms with Gasteiger partial charge in [0.25, 0.3) is 5.91 Å². The monoisotopic (exact) mass is 353 g/mol. The first kappa shape index (κ1) is 17.7. The highest BCUT2D eigenvalue weighted by atomic mass is 19.1. The van der Waals surface area contributed by atoms with Crippen molar-refractivity contribution in [3.05, 3.63) is 83.4 Å². The third-order valence-electron chi connectivity index (χ3n) is 3.90. The van der Waals surface area contributed by atoms with Crippen molar-refractivity contribution < 1.29 is 13.9 Å². The highest BCUT2D eigenvalue weighted by Gasteiger charge is 2.06. The van der Waals surface area contributed by atoms with Gasteiger partial charge >= 0.3 is 0 Å². The average molecular weight is 353 g/mol. The zero-order chi connectivity index (χ0) is 18.4. The van der Waals surface area contributed by atoms with Crippen LogP contribution in [0.2, 0.25) is 0 Å². The molecule has 3 rings (SSSR count). The second-order valence-electron chi connectivity index (χ2n) is 5.83. The van der Waals surface area contributed by atoms with Crippen LogP contribution in [0, 0.1) is 5.82 Å². The second-order valence-corrected chi connectivity index (χ2v) is 5.83. The van der Waals surface area contributed by atoms with Crippen molar-refractivity contribution in [2.45, 2.75) is 26.6 Å². The van der Waals surface area contributed by atoms with E-state index in [4.69, 9.17) is 4.74 Å². The van der Waals surface area contributed by atoms with Crippen LogP contribution in [-0.2, 0) is 19.7 Å². The summed E-state index contributed by atoms with van der Waals surface area (Å²) in [6.07, 6.45) is 3.66. The van der Waals surface area contributed by atoms with Crippen LogP contribution in [0.3, 0.4) is 0 Å². The number of aryl methyl sites for hydroxylation is 1. The van der Waals surface area contributed by atoms with Crippen molar-refractivity contribution in [2.24, 2.45) is 0 Å². The number of hydrogen-bond acceptors (Lipinski definition) is 3. The van der Waals surface area contributed by atoms with Gasteiger partial charge in [0.15, 0.2) is 0 Å². The Bertz CT molecular complexity index is 858. The summed E-state index contributed by atoms with van der Waals surface area (Å²) >= 11 is 0. The minimum Gasteiger partial charge on any atom is -0.489 e. The fourth-order valence-electron chi connectivity index (χ4n) is 2.40. The van der Waals surface area contributed by atoms with Crippen molar-refractivity contribution >= 4 is 5.91 Å². The van der Waals surface area contributed by atoms with E-state index in [-0.39, 0.29) is 11.7 Å². The molecule has 6 heteroatoms. The molecular formula is C20H20FN3O2. The number of nitrogens with zero attached hydrogens (tertiary/aromatic N) is 2. The topological polar surface area (TPSA) is 56.2 Å². The van der Waals surface area contributed by atoms with E-state index < -0.39 is 0 Å². The lowest BCUT2D eigenvalue weighted by molar-refractivity contribution is 0.0951. The summed E-state index contributed by atoms with van der Waals surface area (Å²) in [5, 5.41) is 7.05. The van der Waals surface area contributed by atoms with E-state index in [1.54, 1.807) is 30.5 Å². The van der Waals surface area contributed by atoms with Crippen LogP contribution < -0.4 is 10.1 Å². The molecule has 0 bridgehead atoms. The van der Waals surface area contributed by atoms with Crippen LogP contribution in [0.1, 0.15) is 28.4 Å². The number of ether oxygens (including phenoxy) is 1. The normalized spacial score (nSPS) is 10.5. The fourth-order valence-corrected chi connectivity index (χ4v) is 2.40. The van der Waals surface area contributed by atoms with E-state index in [0.717, 1.165) is 17.7 Å². The van der Waals surface area contributed by atoms with Crippen molar-refractivity contribution in [3.63, 3.8) is 0 Å². The fraction of sp³-hybridized carbons (Fsp3) is 0.200. The summed E-state index contributed by atoms with van der Waals surface area (Å²) in [6, 6.07) is 13.1. The Morgan fingerprint density at radius 1 is 1.12 bits per heavy atom. The molecule has 0 atom stereocenters. The molecule has 0 saturated heterocycles. The number of amides is 1. The maximum absolute atomic E-state index is 12.9.